The summed E-state index contributed by atoms with van der Waals surface area (Å²) in [6.07, 6.45) is 7.01. The number of piperidine rings is 2. The van der Waals surface area contributed by atoms with Crippen molar-refractivity contribution in [2.75, 3.05) is 63.6 Å². The zero-order valence-corrected chi connectivity index (χ0v) is 26.4. The summed E-state index contributed by atoms with van der Waals surface area (Å²) in [5.41, 5.74) is 10.0. The van der Waals surface area contributed by atoms with Gasteiger partial charge in [0.25, 0.3) is 0 Å². The molecular weight excluding hydrogens is 576 g/mol. The van der Waals surface area contributed by atoms with Gasteiger partial charge in [-0.1, -0.05) is 30.8 Å². The molecule has 3 aliphatic rings. The number of aromatic nitrogens is 2. The molecule has 3 aromatic rings. The molecule has 0 unspecified atom stereocenters. The number of hydrogen-bond donors (Lipinski definition) is 1. The van der Waals surface area contributed by atoms with Crippen molar-refractivity contribution in [2.45, 2.75) is 38.7 Å². The topological polar surface area (TPSA) is 97.0 Å². The van der Waals surface area contributed by atoms with Crippen molar-refractivity contribution >= 4 is 46.0 Å². The molecule has 3 aliphatic heterocycles. The first kappa shape index (κ1) is 30.2. The van der Waals surface area contributed by atoms with Crippen molar-refractivity contribution in [3.8, 4) is 22.9 Å². The van der Waals surface area contributed by atoms with Gasteiger partial charge >= 0.3 is 6.01 Å². The number of nitrogen functional groups attached to an aromatic ring is 1. The van der Waals surface area contributed by atoms with Gasteiger partial charge in [0, 0.05) is 71.9 Å². The predicted octanol–water partition coefficient (Wildman–Crippen LogP) is 5.66. The Morgan fingerprint density at radius 1 is 1.14 bits per heavy atom. The Bertz CT molecular complexity index is 1590. The van der Waals surface area contributed by atoms with Gasteiger partial charge in [0.1, 0.15) is 17.4 Å². The van der Waals surface area contributed by atoms with Gasteiger partial charge in [-0.15, -0.1) is 0 Å². The predicted molar refractivity (Wildman–Crippen MR) is 177 cm³/mol. The molecule has 0 atom stereocenters. The zero-order chi connectivity index (χ0) is 31.0. The molecule has 6 rings (SSSR count). The van der Waals surface area contributed by atoms with E-state index in [2.05, 4.69) is 36.1 Å². The first-order valence-corrected chi connectivity index (χ1v) is 15.8. The van der Waals surface area contributed by atoms with E-state index in [1.807, 2.05) is 24.0 Å². The molecule has 0 saturated carbocycles. The molecule has 9 nitrogen and oxygen atoms in total. The summed E-state index contributed by atoms with van der Waals surface area (Å²) < 4.78 is 12.9. The smallest absolute Gasteiger partial charge is 0.319 e. The van der Waals surface area contributed by atoms with Crippen molar-refractivity contribution in [2.24, 2.45) is 5.41 Å². The van der Waals surface area contributed by atoms with Gasteiger partial charge in [-0.3, -0.25) is 4.79 Å². The van der Waals surface area contributed by atoms with Crippen molar-refractivity contribution in [1.29, 1.82) is 0 Å². The highest BCUT2D eigenvalue weighted by Crippen LogP contribution is 2.47. The maximum absolute atomic E-state index is 12.1. The van der Waals surface area contributed by atoms with Crippen LogP contribution in [0.25, 0.3) is 28.1 Å². The van der Waals surface area contributed by atoms with Crippen LogP contribution in [0.5, 0.6) is 11.8 Å². The monoisotopic (exact) mass is 616 g/mol. The van der Waals surface area contributed by atoms with Gasteiger partial charge in [-0.05, 0) is 75.6 Å². The van der Waals surface area contributed by atoms with E-state index in [4.69, 9.17) is 36.8 Å². The van der Waals surface area contributed by atoms with E-state index in [1.165, 1.54) is 6.08 Å². The Balaban J connectivity index is 1.45. The number of carbonyl (C=O) groups is 1. The number of likely N-dealkylation sites (tertiary alicyclic amines) is 2. The third kappa shape index (κ3) is 5.71. The van der Waals surface area contributed by atoms with Gasteiger partial charge in [0.15, 0.2) is 5.75 Å². The van der Waals surface area contributed by atoms with Crippen molar-refractivity contribution in [1.82, 2.24) is 19.8 Å². The van der Waals surface area contributed by atoms with E-state index in [9.17, 15) is 4.79 Å². The highest BCUT2D eigenvalue weighted by Gasteiger charge is 2.46. The molecule has 232 valence electrons. The SMILES string of the molecule is C=CC(=O)N1CC2(CCN(c3nc(OC4CCN(C)CC4)nc4c(OCC)c(-c5cc(N)ccc5Cl)c(C=C)cc34)CC2)C1. The largest absolute Gasteiger partial charge is 0.491 e. The first-order chi connectivity index (χ1) is 21.2. The average Bonchev–Trinajstić information content (AvgIpc) is 3.01. The summed E-state index contributed by atoms with van der Waals surface area (Å²) >= 11 is 6.75. The number of ether oxygens (including phenoxy) is 2. The fourth-order valence-corrected chi connectivity index (χ4v) is 6.99. The molecule has 0 bridgehead atoms. The summed E-state index contributed by atoms with van der Waals surface area (Å²) in [6, 6.07) is 7.87. The van der Waals surface area contributed by atoms with Gasteiger partial charge < -0.3 is 29.9 Å². The third-order valence-corrected chi connectivity index (χ3v) is 9.63. The Morgan fingerprint density at radius 2 is 1.86 bits per heavy atom. The van der Waals surface area contributed by atoms with Crippen molar-refractivity contribution < 1.29 is 14.3 Å². The minimum absolute atomic E-state index is 0.00651. The Hall–Kier alpha value is -3.82. The molecule has 10 heteroatoms. The lowest BCUT2D eigenvalue weighted by molar-refractivity contribution is -0.139. The Labute approximate surface area is 264 Å². The molecule has 1 spiro atoms. The van der Waals surface area contributed by atoms with Crippen LogP contribution in [0.15, 0.2) is 43.5 Å². The lowest BCUT2D eigenvalue weighted by Gasteiger charge is -2.54. The van der Waals surface area contributed by atoms with Crippen molar-refractivity contribution in [3.63, 3.8) is 0 Å². The third-order valence-electron chi connectivity index (χ3n) is 9.30. The fourth-order valence-electron chi connectivity index (χ4n) is 6.78. The molecule has 1 amide bonds. The number of fused-ring (bicyclic) bond motifs is 1. The zero-order valence-electron chi connectivity index (χ0n) is 25.6. The molecular formula is C34H41ClN6O3. The normalized spacial score (nSPS) is 18.7. The van der Waals surface area contributed by atoms with E-state index in [0.29, 0.717) is 34.6 Å². The fraction of sp³-hybridized carbons (Fsp3) is 0.441. The number of anilines is 2. The number of halogens is 1. The Morgan fingerprint density at radius 3 is 2.52 bits per heavy atom. The summed E-state index contributed by atoms with van der Waals surface area (Å²) in [6.45, 7) is 15.3. The highest BCUT2D eigenvalue weighted by molar-refractivity contribution is 6.33. The van der Waals surface area contributed by atoms with Gasteiger partial charge in [-0.2, -0.15) is 9.97 Å². The summed E-state index contributed by atoms with van der Waals surface area (Å²) in [5, 5.41) is 1.43. The van der Waals surface area contributed by atoms with E-state index in [0.717, 1.165) is 92.8 Å². The molecule has 0 aliphatic carbocycles. The van der Waals surface area contributed by atoms with E-state index in [1.54, 1.807) is 12.1 Å². The second-order valence-corrected chi connectivity index (χ2v) is 12.7. The minimum atomic E-state index is 0.00651. The Kier molecular flexibility index (Phi) is 8.44. The lowest BCUT2D eigenvalue weighted by atomic mass is 9.72. The van der Waals surface area contributed by atoms with Crippen LogP contribution in [0.2, 0.25) is 5.02 Å². The van der Waals surface area contributed by atoms with Crippen LogP contribution in [0, 0.1) is 5.41 Å². The average molecular weight is 617 g/mol. The summed E-state index contributed by atoms with van der Waals surface area (Å²) in [7, 11) is 2.13. The number of benzene rings is 2. The molecule has 44 heavy (non-hydrogen) atoms. The van der Waals surface area contributed by atoms with Crippen LogP contribution in [0.4, 0.5) is 11.5 Å². The van der Waals surface area contributed by atoms with Crippen LogP contribution in [0.3, 0.4) is 0 Å². The van der Waals surface area contributed by atoms with Gasteiger partial charge in [-0.25, -0.2) is 0 Å². The van der Waals surface area contributed by atoms with Crippen LogP contribution < -0.4 is 20.1 Å². The summed E-state index contributed by atoms with van der Waals surface area (Å²) in [5.74, 6) is 1.43. The number of amides is 1. The lowest BCUT2D eigenvalue weighted by Crippen LogP contribution is -2.61. The second kappa shape index (κ2) is 12.3. The maximum Gasteiger partial charge on any atom is 0.319 e. The molecule has 4 heterocycles. The van der Waals surface area contributed by atoms with Crippen molar-refractivity contribution in [3.05, 3.63) is 54.1 Å². The van der Waals surface area contributed by atoms with E-state index < -0.39 is 0 Å². The van der Waals surface area contributed by atoms with Crippen LogP contribution in [-0.4, -0.2) is 84.7 Å². The number of carbonyl (C=O) groups excluding carboxylic acids is 1. The van der Waals surface area contributed by atoms with Crippen LogP contribution in [-0.2, 0) is 4.79 Å². The number of hydrogen-bond acceptors (Lipinski definition) is 8. The highest BCUT2D eigenvalue weighted by atomic mass is 35.5. The molecule has 1 aromatic heterocycles. The van der Waals surface area contributed by atoms with Gasteiger partial charge in [0.2, 0.25) is 5.91 Å². The standard InChI is InChI=1S/C34H41ClN6O3/c1-5-22-18-26-30(31(43-7-3)29(22)25-19-23(36)8-9-27(25)35)37-33(44-24-10-14-39(4)15-11-24)38-32(26)40-16-12-34(13-17-40)20-41(21-34)28(42)6-2/h5-6,8-9,18-19,24H,1-2,7,10-17,20-21,36H2,3-4H3. The molecule has 0 radical (unpaired) electrons. The van der Waals surface area contributed by atoms with Crippen LogP contribution in [0.1, 0.15) is 38.2 Å². The number of rotatable bonds is 8. The molecule has 2 aromatic carbocycles. The molecule has 3 saturated heterocycles. The van der Waals surface area contributed by atoms with E-state index in [-0.39, 0.29) is 17.4 Å². The second-order valence-electron chi connectivity index (χ2n) is 12.3. The van der Waals surface area contributed by atoms with Crippen LogP contribution >= 0.6 is 11.6 Å². The molecule has 3 fully saturated rings. The van der Waals surface area contributed by atoms with E-state index >= 15 is 0 Å². The quantitative estimate of drug-likeness (QED) is 0.256. The first-order valence-electron chi connectivity index (χ1n) is 15.4. The summed E-state index contributed by atoms with van der Waals surface area (Å²) in [4.78, 5) is 28.7. The molecule has 2 N–H and O–H groups in total. The maximum atomic E-state index is 12.1. The minimum Gasteiger partial charge on any atom is -0.491 e. The number of nitrogens with two attached hydrogens (primary N) is 1. The number of nitrogens with zero attached hydrogens (tertiary/aromatic N) is 5. The van der Waals surface area contributed by atoms with Gasteiger partial charge in [0.05, 0.1) is 6.61 Å².